The fourth-order valence-electron chi connectivity index (χ4n) is 3.14. The summed E-state index contributed by atoms with van der Waals surface area (Å²) >= 11 is 0. The first-order chi connectivity index (χ1) is 9.53. The SMILES string of the molecule is CCC1CCCC(OCCC(C)(NC2CC2)C(N)=O)C1. The number of carbonyl (C=O) groups excluding carboxylic acids is 1. The lowest BCUT2D eigenvalue weighted by Crippen LogP contribution is -2.54. The third-order valence-electron chi connectivity index (χ3n) is 4.91. The quantitative estimate of drug-likeness (QED) is 0.718. The topological polar surface area (TPSA) is 64.3 Å². The van der Waals surface area contributed by atoms with Gasteiger partial charge in [-0.3, -0.25) is 4.79 Å². The lowest BCUT2D eigenvalue weighted by atomic mass is 9.85. The van der Waals surface area contributed by atoms with Gasteiger partial charge in [0.1, 0.15) is 0 Å². The van der Waals surface area contributed by atoms with Gasteiger partial charge in [-0.1, -0.05) is 26.2 Å². The number of ether oxygens (including phenoxy) is 1. The number of hydrogen-bond donors (Lipinski definition) is 2. The number of amides is 1. The molecule has 0 aliphatic heterocycles. The Hall–Kier alpha value is -0.610. The maximum absolute atomic E-state index is 11.7. The van der Waals surface area contributed by atoms with Crippen molar-refractivity contribution < 1.29 is 9.53 Å². The van der Waals surface area contributed by atoms with Crippen LogP contribution >= 0.6 is 0 Å². The van der Waals surface area contributed by atoms with Gasteiger partial charge in [0, 0.05) is 12.6 Å². The number of carbonyl (C=O) groups is 1. The number of rotatable bonds is 8. The minimum absolute atomic E-state index is 0.261. The first-order valence-electron chi connectivity index (χ1n) is 8.22. The average Bonchev–Trinajstić information content (AvgIpc) is 3.22. The molecule has 0 aromatic carbocycles. The second kappa shape index (κ2) is 6.90. The van der Waals surface area contributed by atoms with Crippen molar-refractivity contribution in [3.05, 3.63) is 0 Å². The van der Waals surface area contributed by atoms with Gasteiger partial charge >= 0.3 is 0 Å². The van der Waals surface area contributed by atoms with Gasteiger partial charge < -0.3 is 15.8 Å². The van der Waals surface area contributed by atoms with Gasteiger partial charge in [-0.05, 0) is 44.9 Å². The van der Waals surface area contributed by atoms with Crippen LogP contribution in [0.25, 0.3) is 0 Å². The molecule has 20 heavy (non-hydrogen) atoms. The molecule has 4 nitrogen and oxygen atoms in total. The summed E-state index contributed by atoms with van der Waals surface area (Å²) in [6.45, 7) is 4.80. The Labute approximate surface area is 122 Å². The first-order valence-corrected chi connectivity index (χ1v) is 8.22. The highest BCUT2D eigenvalue weighted by molar-refractivity contribution is 5.84. The van der Waals surface area contributed by atoms with Crippen molar-refractivity contribution in [2.75, 3.05) is 6.61 Å². The van der Waals surface area contributed by atoms with Crippen molar-refractivity contribution in [1.29, 1.82) is 0 Å². The molecule has 2 aliphatic carbocycles. The molecule has 116 valence electrons. The fraction of sp³-hybridized carbons (Fsp3) is 0.938. The molecule has 2 rings (SSSR count). The van der Waals surface area contributed by atoms with E-state index < -0.39 is 5.54 Å². The second-order valence-corrected chi connectivity index (χ2v) is 6.80. The van der Waals surface area contributed by atoms with Crippen molar-refractivity contribution in [3.8, 4) is 0 Å². The summed E-state index contributed by atoms with van der Waals surface area (Å²) in [5.41, 5.74) is 4.94. The van der Waals surface area contributed by atoms with Crippen LogP contribution in [-0.2, 0) is 9.53 Å². The molecule has 2 saturated carbocycles. The third kappa shape index (κ3) is 4.45. The molecule has 0 bridgehead atoms. The highest BCUT2D eigenvalue weighted by atomic mass is 16.5. The number of nitrogens with one attached hydrogen (secondary N) is 1. The fourth-order valence-corrected chi connectivity index (χ4v) is 3.14. The van der Waals surface area contributed by atoms with E-state index in [0.717, 1.165) is 18.8 Å². The Morgan fingerprint density at radius 3 is 2.70 bits per heavy atom. The van der Waals surface area contributed by atoms with E-state index in [1.54, 1.807) is 0 Å². The van der Waals surface area contributed by atoms with E-state index >= 15 is 0 Å². The number of hydrogen-bond acceptors (Lipinski definition) is 3. The molecule has 3 N–H and O–H groups in total. The highest BCUT2D eigenvalue weighted by Crippen LogP contribution is 2.29. The molecule has 0 aromatic rings. The molecule has 0 spiro atoms. The largest absolute Gasteiger partial charge is 0.378 e. The highest BCUT2D eigenvalue weighted by Gasteiger charge is 2.37. The van der Waals surface area contributed by atoms with Crippen LogP contribution in [0.3, 0.4) is 0 Å². The Kier molecular flexibility index (Phi) is 5.44. The Balaban J connectivity index is 1.73. The van der Waals surface area contributed by atoms with Crippen LogP contribution in [0, 0.1) is 5.92 Å². The molecule has 2 aliphatic rings. The van der Waals surface area contributed by atoms with Crippen LogP contribution in [0.1, 0.15) is 65.2 Å². The zero-order valence-electron chi connectivity index (χ0n) is 13.0. The average molecular weight is 282 g/mol. The van der Waals surface area contributed by atoms with Gasteiger partial charge in [0.15, 0.2) is 0 Å². The van der Waals surface area contributed by atoms with Gasteiger partial charge in [-0.15, -0.1) is 0 Å². The lowest BCUT2D eigenvalue weighted by Gasteiger charge is -2.31. The summed E-state index contributed by atoms with van der Waals surface area (Å²) in [4.78, 5) is 11.7. The van der Waals surface area contributed by atoms with E-state index in [-0.39, 0.29) is 5.91 Å². The van der Waals surface area contributed by atoms with E-state index in [9.17, 15) is 4.79 Å². The standard InChI is InChI=1S/C16H30N2O2/c1-3-12-5-4-6-14(11-12)20-10-9-16(2,15(17)19)18-13-7-8-13/h12-14,18H,3-11H2,1-2H3,(H2,17,19). The molecular formula is C16H30N2O2. The van der Waals surface area contributed by atoms with Gasteiger partial charge in [-0.2, -0.15) is 0 Å². The minimum Gasteiger partial charge on any atom is -0.378 e. The van der Waals surface area contributed by atoms with Gasteiger partial charge in [0.2, 0.25) is 5.91 Å². The van der Waals surface area contributed by atoms with E-state index in [2.05, 4.69) is 12.2 Å². The van der Waals surface area contributed by atoms with Crippen molar-refractivity contribution in [1.82, 2.24) is 5.32 Å². The Morgan fingerprint density at radius 2 is 2.10 bits per heavy atom. The van der Waals surface area contributed by atoms with Gasteiger partial charge in [-0.25, -0.2) is 0 Å². The predicted octanol–water partition coefficient (Wildman–Crippen LogP) is 2.36. The maximum atomic E-state index is 11.7. The van der Waals surface area contributed by atoms with Crippen LogP contribution in [-0.4, -0.2) is 30.2 Å². The van der Waals surface area contributed by atoms with Crippen LogP contribution in [0.2, 0.25) is 0 Å². The van der Waals surface area contributed by atoms with E-state index in [0.29, 0.717) is 25.2 Å². The molecule has 3 atom stereocenters. The van der Waals surface area contributed by atoms with Crippen molar-refractivity contribution >= 4 is 5.91 Å². The molecule has 0 aromatic heterocycles. The Morgan fingerprint density at radius 1 is 1.35 bits per heavy atom. The molecule has 4 heteroatoms. The molecule has 0 radical (unpaired) electrons. The zero-order chi connectivity index (χ0) is 14.6. The Bertz CT molecular complexity index is 330. The summed E-state index contributed by atoms with van der Waals surface area (Å²) in [5, 5.41) is 3.37. The minimum atomic E-state index is -0.611. The predicted molar refractivity (Wildman–Crippen MR) is 80.4 cm³/mol. The summed E-state index contributed by atoms with van der Waals surface area (Å²) < 4.78 is 6.02. The van der Waals surface area contributed by atoms with E-state index in [4.69, 9.17) is 10.5 Å². The van der Waals surface area contributed by atoms with Crippen LogP contribution in [0.5, 0.6) is 0 Å². The summed E-state index contributed by atoms with van der Waals surface area (Å²) in [5.74, 6) is 0.559. The number of nitrogens with two attached hydrogens (primary N) is 1. The second-order valence-electron chi connectivity index (χ2n) is 6.80. The molecule has 3 unspecified atom stereocenters. The van der Waals surface area contributed by atoms with Gasteiger partial charge in [0.05, 0.1) is 11.6 Å². The lowest BCUT2D eigenvalue weighted by molar-refractivity contribution is -0.125. The smallest absolute Gasteiger partial charge is 0.237 e. The van der Waals surface area contributed by atoms with Crippen molar-refractivity contribution in [2.24, 2.45) is 11.7 Å². The van der Waals surface area contributed by atoms with Crippen molar-refractivity contribution in [2.45, 2.75) is 82.9 Å². The van der Waals surface area contributed by atoms with Gasteiger partial charge in [0.25, 0.3) is 0 Å². The maximum Gasteiger partial charge on any atom is 0.237 e. The third-order valence-corrected chi connectivity index (χ3v) is 4.91. The van der Waals surface area contributed by atoms with E-state index in [1.165, 1.54) is 32.1 Å². The van der Waals surface area contributed by atoms with Crippen molar-refractivity contribution in [3.63, 3.8) is 0 Å². The van der Waals surface area contributed by atoms with Crippen LogP contribution < -0.4 is 11.1 Å². The van der Waals surface area contributed by atoms with Crippen LogP contribution in [0.15, 0.2) is 0 Å². The molecule has 0 saturated heterocycles. The number of primary amides is 1. The normalized spacial score (nSPS) is 29.9. The molecule has 0 heterocycles. The zero-order valence-corrected chi connectivity index (χ0v) is 13.0. The van der Waals surface area contributed by atoms with E-state index in [1.807, 2.05) is 6.92 Å². The first kappa shape index (κ1) is 15.8. The summed E-state index contributed by atoms with van der Waals surface area (Å²) in [6.07, 6.45) is 9.59. The molecule has 2 fully saturated rings. The van der Waals surface area contributed by atoms with Crippen LogP contribution in [0.4, 0.5) is 0 Å². The summed E-state index contributed by atoms with van der Waals surface area (Å²) in [7, 11) is 0. The summed E-state index contributed by atoms with van der Waals surface area (Å²) in [6, 6.07) is 0.478. The monoisotopic (exact) mass is 282 g/mol. The molecular weight excluding hydrogens is 252 g/mol. The molecule has 1 amide bonds.